The highest BCUT2D eigenvalue weighted by molar-refractivity contribution is 7.15. The van der Waals surface area contributed by atoms with Gasteiger partial charge in [-0.05, 0) is 24.5 Å². The second-order valence-corrected chi connectivity index (χ2v) is 6.85. The zero-order chi connectivity index (χ0) is 16.8. The Morgan fingerprint density at radius 2 is 2.04 bits per heavy atom. The van der Waals surface area contributed by atoms with Gasteiger partial charge in [0, 0.05) is 23.7 Å². The minimum Gasteiger partial charge on any atom is -0.375 e. The van der Waals surface area contributed by atoms with Crippen LogP contribution in [0, 0.1) is 0 Å². The number of carbonyl (C=O) groups excluding carboxylic acids is 1. The van der Waals surface area contributed by atoms with E-state index in [0.29, 0.717) is 11.7 Å². The van der Waals surface area contributed by atoms with Crippen LogP contribution in [0.5, 0.6) is 0 Å². The molecule has 4 N–H and O–H groups in total. The maximum atomic E-state index is 11.4. The molecule has 2 rings (SSSR count). The van der Waals surface area contributed by atoms with Crippen molar-refractivity contribution >= 4 is 22.4 Å². The molecule has 0 bridgehead atoms. The molecule has 0 aliphatic carbocycles. The Bertz CT molecular complexity index is 638. The van der Waals surface area contributed by atoms with Crippen molar-refractivity contribution in [2.45, 2.75) is 39.3 Å². The smallest absolute Gasteiger partial charge is 0.231 e. The molecular formula is C17H24N4OS. The number of anilines is 1. The van der Waals surface area contributed by atoms with Crippen molar-refractivity contribution in [1.29, 1.82) is 0 Å². The van der Waals surface area contributed by atoms with Gasteiger partial charge in [0.1, 0.15) is 0 Å². The van der Waals surface area contributed by atoms with Crippen LogP contribution in [0.15, 0.2) is 30.5 Å². The number of aryl methyl sites for hydroxylation is 1. The van der Waals surface area contributed by atoms with Crippen LogP contribution in [0.2, 0.25) is 0 Å². The Balaban J connectivity index is 2.14. The molecule has 0 saturated heterocycles. The first kappa shape index (κ1) is 17.4. The standard InChI is InChI=1S/C17H24N4OS/c1-3-4-13-5-7-14(8-6-13)12(2)21(11-16(18)22)10-15-9-20-17(19)23-15/h5-9,12H,3-4,10-11H2,1-2H3,(H2,18,22)(H2,19,20). The van der Waals surface area contributed by atoms with Crippen LogP contribution in [0.1, 0.15) is 42.3 Å². The Labute approximate surface area is 141 Å². The van der Waals surface area contributed by atoms with E-state index in [4.69, 9.17) is 11.5 Å². The highest BCUT2D eigenvalue weighted by Crippen LogP contribution is 2.25. The first-order valence-corrected chi connectivity index (χ1v) is 8.62. The van der Waals surface area contributed by atoms with Gasteiger partial charge < -0.3 is 11.5 Å². The van der Waals surface area contributed by atoms with Crippen LogP contribution in [0.25, 0.3) is 0 Å². The largest absolute Gasteiger partial charge is 0.375 e. The van der Waals surface area contributed by atoms with Gasteiger partial charge in [0.05, 0.1) is 6.54 Å². The fraction of sp³-hybridized carbons (Fsp3) is 0.412. The highest BCUT2D eigenvalue weighted by atomic mass is 32.1. The zero-order valence-corrected chi connectivity index (χ0v) is 14.5. The maximum absolute atomic E-state index is 11.4. The second-order valence-electron chi connectivity index (χ2n) is 5.70. The number of primary amides is 1. The second kappa shape index (κ2) is 8.08. The SMILES string of the molecule is CCCc1ccc(C(C)N(CC(N)=O)Cc2cnc(N)s2)cc1. The van der Waals surface area contributed by atoms with E-state index < -0.39 is 0 Å². The lowest BCUT2D eigenvalue weighted by molar-refractivity contribution is -0.119. The fourth-order valence-corrected chi connectivity index (χ4v) is 3.30. The van der Waals surface area contributed by atoms with Gasteiger partial charge in [0.15, 0.2) is 5.13 Å². The number of carbonyl (C=O) groups is 1. The normalized spacial score (nSPS) is 12.5. The fourth-order valence-electron chi connectivity index (χ4n) is 2.59. The number of hydrogen-bond acceptors (Lipinski definition) is 5. The zero-order valence-electron chi connectivity index (χ0n) is 13.7. The molecule has 0 radical (unpaired) electrons. The number of hydrogen-bond donors (Lipinski definition) is 2. The van der Waals surface area contributed by atoms with Crippen LogP contribution in [-0.4, -0.2) is 22.3 Å². The summed E-state index contributed by atoms with van der Waals surface area (Å²) in [5, 5.41) is 0.538. The lowest BCUT2D eigenvalue weighted by Gasteiger charge is -2.27. The van der Waals surface area contributed by atoms with Gasteiger partial charge >= 0.3 is 0 Å². The predicted molar refractivity (Wildman–Crippen MR) is 95.0 cm³/mol. The number of aromatic nitrogens is 1. The molecule has 0 spiro atoms. The number of nitrogens with zero attached hydrogens (tertiary/aromatic N) is 2. The molecule has 124 valence electrons. The Morgan fingerprint density at radius 1 is 1.35 bits per heavy atom. The van der Waals surface area contributed by atoms with Crippen LogP contribution in [0.4, 0.5) is 5.13 Å². The van der Waals surface area contributed by atoms with E-state index in [-0.39, 0.29) is 18.5 Å². The van der Waals surface area contributed by atoms with E-state index in [1.807, 2.05) is 4.90 Å². The van der Waals surface area contributed by atoms with E-state index in [1.165, 1.54) is 22.5 Å². The van der Waals surface area contributed by atoms with Gasteiger partial charge in [0.2, 0.25) is 5.91 Å². The minimum atomic E-state index is -0.336. The van der Waals surface area contributed by atoms with Crippen molar-refractivity contribution in [3.8, 4) is 0 Å². The van der Waals surface area contributed by atoms with Crippen molar-refractivity contribution in [1.82, 2.24) is 9.88 Å². The van der Waals surface area contributed by atoms with Crippen LogP contribution < -0.4 is 11.5 Å². The van der Waals surface area contributed by atoms with Crippen molar-refractivity contribution < 1.29 is 4.79 Å². The lowest BCUT2D eigenvalue weighted by Crippen LogP contribution is -2.35. The van der Waals surface area contributed by atoms with Crippen LogP contribution in [-0.2, 0) is 17.8 Å². The molecule has 5 nitrogen and oxygen atoms in total. The van der Waals surface area contributed by atoms with E-state index in [9.17, 15) is 4.79 Å². The molecule has 1 unspecified atom stereocenters. The third kappa shape index (κ3) is 5.04. The van der Waals surface area contributed by atoms with Crippen molar-refractivity contribution in [2.24, 2.45) is 5.73 Å². The number of nitrogen functional groups attached to an aromatic ring is 1. The third-order valence-electron chi connectivity index (χ3n) is 3.84. The molecule has 1 atom stereocenters. The Kier molecular flexibility index (Phi) is 6.12. The van der Waals surface area contributed by atoms with Gasteiger partial charge in [-0.25, -0.2) is 4.98 Å². The third-order valence-corrected chi connectivity index (χ3v) is 4.65. The summed E-state index contributed by atoms with van der Waals surface area (Å²) in [7, 11) is 0. The molecule has 0 aliphatic rings. The topological polar surface area (TPSA) is 85.2 Å². The monoisotopic (exact) mass is 332 g/mol. The molecule has 0 aliphatic heterocycles. The molecule has 1 aromatic heterocycles. The first-order valence-electron chi connectivity index (χ1n) is 7.81. The maximum Gasteiger partial charge on any atom is 0.231 e. The van der Waals surface area contributed by atoms with Crippen molar-refractivity contribution in [3.05, 3.63) is 46.5 Å². The molecule has 0 fully saturated rings. The van der Waals surface area contributed by atoms with Gasteiger partial charge in [-0.1, -0.05) is 37.6 Å². The molecule has 6 heteroatoms. The van der Waals surface area contributed by atoms with E-state index in [2.05, 4.69) is 43.1 Å². The molecule has 1 aromatic carbocycles. The van der Waals surface area contributed by atoms with E-state index in [1.54, 1.807) is 6.20 Å². The quantitative estimate of drug-likeness (QED) is 0.778. The summed E-state index contributed by atoms with van der Waals surface area (Å²) < 4.78 is 0. The minimum absolute atomic E-state index is 0.0847. The lowest BCUT2D eigenvalue weighted by atomic mass is 10.0. The molecule has 1 amide bonds. The van der Waals surface area contributed by atoms with Gasteiger partial charge in [-0.3, -0.25) is 9.69 Å². The summed E-state index contributed by atoms with van der Waals surface area (Å²) >= 11 is 1.44. The summed E-state index contributed by atoms with van der Waals surface area (Å²) in [6.07, 6.45) is 3.97. The summed E-state index contributed by atoms with van der Waals surface area (Å²) in [5.41, 5.74) is 13.6. The van der Waals surface area contributed by atoms with E-state index >= 15 is 0 Å². The Hall–Kier alpha value is -1.92. The molecular weight excluding hydrogens is 308 g/mol. The van der Waals surface area contributed by atoms with E-state index in [0.717, 1.165) is 17.7 Å². The van der Waals surface area contributed by atoms with Gasteiger partial charge in [-0.2, -0.15) is 0 Å². The number of thiazole rings is 1. The Morgan fingerprint density at radius 3 is 2.57 bits per heavy atom. The van der Waals surface area contributed by atoms with Gasteiger partial charge in [-0.15, -0.1) is 11.3 Å². The van der Waals surface area contributed by atoms with Crippen LogP contribution in [0.3, 0.4) is 0 Å². The molecule has 0 saturated carbocycles. The average Bonchev–Trinajstić information content (AvgIpc) is 2.92. The van der Waals surface area contributed by atoms with Crippen LogP contribution >= 0.6 is 11.3 Å². The summed E-state index contributed by atoms with van der Waals surface area (Å²) in [6, 6.07) is 8.65. The predicted octanol–water partition coefficient (Wildman–Crippen LogP) is 2.73. The molecule has 1 heterocycles. The van der Waals surface area contributed by atoms with Crippen molar-refractivity contribution in [3.63, 3.8) is 0 Å². The van der Waals surface area contributed by atoms with Gasteiger partial charge in [0.25, 0.3) is 0 Å². The van der Waals surface area contributed by atoms with Crippen molar-refractivity contribution in [2.75, 3.05) is 12.3 Å². The highest BCUT2D eigenvalue weighted by Gasteiger charge is 2.19. The summed E-state index contributed by atoms with van der Waals surface area (Å²) in [6.45, 7) is 5.07. The molecule has 23 heavy (non-hydrogen) atoms. The first-order chi connectivity index (χ1) is 11.0. The summed E-state index contributed by atoms with van der Waals surface area (Å²) in [5.74, 6) is -0.336. The number of rotatable bonds is 8. The number of benzene rings is 1. The number of nitrogens with two attached hydrogens (primary N) is 2. The average molecular weight is 332 g/mol. The molecule has 2 aromatic rings. The summed E-state index contributed by atoms with van der Waals surface area (Å²) in [4.78, 5) is 18.6. The number of amides is 1.